The van der Waals surface area contributed by atoms with E-state index in [0.29, 0.717) is 5.75 Å². The molecule has 98 valence electrons. The molecule has 2 heterocycles. The smallest absolute Gasteiger partial charge is 0.233 e. The Morgan fingerprint density at radius 1 is 1.21 bits per heavy atom. The van der Waals surface area contributed by atoms with Crippen molar-refractivity contribution in [2.45, 2.75) is 12.3 Å². The summed E-state index contributed by atoms with van der Waals surface area (Å²) in [6.07, 6.45) is 4.16. The lowest BCUT2D eigenvalue weighted by Crippen LogP contribution is -2.22. The van der Waals surface area contributed by atoms with Crippen LogP contribution in [-0.2, 0) is 4.79 Å². The van der Waals surface area contributed by atoms with Crippen LogP contribution in [0.2, 0.25) is 0 Å². The number of rotatable bonds is 2. The number of aryl methyl sites for hydroxylation is 1. The molecule has 1 aromatic carbocycles. The zero-order chi connectivity index (χ0) is 13.4. The third kappa shape index (κ3) is 2.28. The van der Waals surface area contributed by atoms with E-state index in [-0.39, 0.29) is 11.3 Å². The van der Waals surface area contributed by atoms with Gasteiger partial charge in [-0.3, -0.25) is 4.79 Å². The summed E-state index contributed by atoms with van der Waals surface area (Å²) in [5.41, 5.74) is 3.58. The highest BCUT2D eigenvalue weighted by atomic mass is 32.2. The fourth-order valence-electron chi connectivity index (χ4n) is 2.25. The molecule has 0 bridgehead atoms. The molecule has 1 fully saturated rings. The maximum Gasteiger partial charge on any atom is 0.233 e. The highest BCUT2D eigenvalue weighted by Crippen LogP contribution is 2.37. The maximum atomic E-state index is 11.6. The van der Waals surface area contributed by atoms with Crippen molar-refractivity contribution < 1.29 is 4.79 Å². The van der Waals surface area contributed by atoms with E-state index in [0.717, 1.165) is 5.69 Å². The van der Waals surface area contributed by atoms with Gasteiger partial charge in [-0.2, -0.15) is 0 Å². The lowest BCUT2D eigenvalue weighted by Gasteiger charge is -2.17. The molecule has 4 heteroatoms. The van der Waals surface area contributed by atoms with Gasteiger partial charge in [0, 0.05) is 30.7 Å². The molecule has 19 heavy (non-hydrogen) atoms. The lowest BCUT2D eigenvalue weighted by atomic mass is 10.2. The number of hydrogen-bond donors (Lipinski definition) is 0. The molecule has 3 rings (SSSR count). The number of amides is 1. The van der Waals surface area contributed by atoms with Gasteiger partial charge in [0.15, 0.2) is 0 Å². The Morgan fingerprint density at radius 3 is 2.58 bits per heavy atom. The number of thioether (sulfide) groups is 1. The van der Waals surface area contributed by atoms with E-state index in [4.69, 9.17) is 0 Å². The molecule has 1 saturated heterocycles. The van der Waals surface area contributed by atoms with Crippen LogP contribution in [0.3, 0.4) is 0 Å². The first kappa shape index (κ1) is 12.4. The van der Waals surface area contributed by atoms with Crippen LogP contribution in [0.25, 0.3) is 5.69 Å². The second-order valence-corrected chi connectivity index (χ2v) is 5.92. The molecule has 0 spiro atoms. The van der Waals surface area contributed by atoms with Crippen LogP contribution in [0.1, 0.15) is 16.5 Å². The first-order chi connectivity index (χ1) is 9.15. The maximum absolute atomic E-state index is 11.6. The molecule has 1 unspecified atom stereocenters. The SMILES string of the molecule is Cc1ccc(-n2ccc(C3SCC(=O)N3C)c2)cc1. The van der Waals surface area contributed by atoms with E-state index in [1.807, 2.05) is 11.9 Å². The number of carbonyl (C=O) groups is 1. The fraction of sp³-hybridized carbons (Fsp3) is 0.267. The van der Waals surface area contributed by atoms with Gasteiger partial charge in [-0.05, 0) is 25.1 Å². The van der Waals surface area contributed by atoms with Gasteiger partial charge in [0.2, 0.25) is 5.91 Å². The second kappa shape index (κ2) is 4.78. The van der Waals surface area contributed by atoms with E-state index in [2.05, 4.69) is 54.2 Å². The quantitative estimate of drug-likeness (QED) is 0.839. The Hall–Kier alpha value is -1.68. The number of aromatic nitrogens is 1. The molecule has 0 radical (unpaired) electrons. The minimum Gasteiger partial charge on any atom is -0.329 e. The standard InChI is InChI=1S/C15H16N2OS/c1-11-3-5-13(6-4-11)17-8-7-12(9-17)15-16(2)14(18)10-19-15/h3-9,15H,10H2,1-2H3. The van der Waals surface area contributed by atoms with Crippen LogP contribution in [0.4, 0.5) is 0 Å². The normalized spacial score (nSPS) is 19.2. The monoisotopic (exact) mass is 272 g/mol. The average Bonchev–Trinajstić information content (AvgIpc) is 2.99. The van der Waals surface area contributed by atoms with Crippen molar-refractivity contribution in [2.75, 3.05) is 12.8 Å². The lowest BCUT2D eigenvalue weighted by molar-refractivity contribution is -0.126. The predicted molar refractivity (Wildman–Crippen MR) is 78.5 cm³/mol. The van der Waals surface area contributed by atoms with E-state index < -0.39 is 0 Å². The van der Waals surface area contributed by atoms with Gasteiger partial charge < -0.3 is 9.47 Å². The zero-order valence-electron chi connectivity index (χ0n) is 11.0. The van der Waals surface area contributed by atoms with Crippen molar-refractivity contribution in [1.29, 1.82) is 0 Å². The van der Waals surface area contributed by atoms with Crippen molar-refractivity contribution >= 4 is 17.7 Å². The van der Waals surface area contributed by atoms with Gasteiger partial charge in [0.05, 0.1) is 5.75 Å². The zero-order valence-corrected chi connectivity index (χ0v) is 11.9. The van der Waals surface area contributed by atoms with Crippen LogP contribution in [0.5, 0.6) is 0 Å². The molecule has 3 nitrogen and oxygen atoms in total. The van der Waals surface area contributed by atoms with Gasteiger partial charge in [-0.25, -0.2) is 0 Å². The fourth-order valence-corrected chi connectivity index (χ4v) is 3.43. The highest BCUT2D eigenvalue weighted by Gasteiger charge is 2.30. The Kier molecular flexibility index (Phi) is 3.11. The molecular weight excluding hydrogens is 256 g/mol. The molecule has 0 saturated carbocycles. The number of benzene rings is 1. The van der Waals surface area contributed by atoms with Gasteiger partial charge in [0.25, 0.3) is 0 Å². The Labute approximate surface area is 117 Å². The van der Waals surface area contributed by atoms with Crippen LogP contribution < -0.4 is 0 Å². The highest BCUT2D eigenvalue weighted by molar-refractivity contribution is 8.00. The van der Waals surface area contributed by atoms with E-state index >= 15 is 0 Å². The van der Waals surface area contributed by atoms with Crippen LogP contribution in [-0.4, -0.2) is 28.2 Å². The van der Waals surface area contributed by atoms with Gasteiger partial charge in [-0.15, -0.1) is 11.8 Å². The number of hydrogen-bond acceptors (Lipinski definition) is 2. The van der Waals surface area contributed by atoms with Crippen molar-refractivity contribution in [2.24, 2.45) is 0 Å². The third-order valence-electron chi connectivity index (χ3n) is 3.44. The van der Waals surface area contributed by atoms with Crippen molar-refractivity contribution in [3.63, 3.8) is 0 Å². The molecule has 2 aromatic rings. The number of carbonyl (C=O) groups excluding carboxylic acids is 1. The molecule has 1 amide bonds. The van der Waals surface area contributed by atoms with Gasteiger partial charge in [0.1, 0.15) is 5.37 Å². The van der Waals surface area contributed by atoms with Crippen LogP contribution in [0.15, 0.2) is 42.7 Å². The number of nitrogens with zero attached hydrogens (tertiary/aromatic N) is 2. The minimum absolute atomic E-state index is 0.152. The van der Waals surface area contributed by atoms with E-state index in [9.17, 15) is 4.79 Å². The Bertz CT molecular complexity index is 603. The molecule has 1 aromatic heterocycles. The van der Waals surface area contributed by atoms with Gasteiger partial charge >= 0.3 is 0 Å². The van der Waals surface area contributed by atoms with E-state index in [1.165, 1.54) is 11.1 Å². The summed E-state index contributed by atoms with van der Waals surface area (Å²) >= 11 is 1.69. The van der Waals surface area contributed by atoms with E-state index in [1.54, 1.807) is 11.8 Å². The Morgan fingerprint density at radius 2 is 1.95 bits per heavy atom. The summed E-state index contributed by atoms with van der Waals surface area (Å²) in [6.45, 7) is 2.08. The molecular formula is C15H16N2OS. The summed E-state index contributed by atoms with van der Waals surface area (Å²) in [6, 6.07) is 10.5. The summed E-state index contributed by atoms with van der Waals surface area (Å²) in [4.78, 5) is 13.4. The molecule has 0 N–H and O–H groups in total. The largest absolute Gasteiger partial charge is 0.329 e. The minimum atomic E-state index is 0.152. The van der Waals surface area contributed by atoms with Crippen molar-refractivity contribution in [1.82, 2.24) is 9.47 Å². The second-order valence-electron chi connectivity index (χ2n) is 4.86. The average molecular weight is 272 g/mol. The van der Waals surface area contributed by atoms with Crippen LogP contribution >= 0.6 is 11.8 Å². The Balaban J connectivity index is 1.87. The summed E-state index contributed by atoms with van der Waals surface area (Å²) < 4.78 is 2.10. The molecule has 1 atom stereocenters. The first-order valence-corrected chi connectivity index (χ1v) is 7.32. The molecule has 1 aliphatic heterocycles. The topological polar surface area (TPSA) is 25.2 Å². The molecule has 1 aliphatic rings. The summed E-state index contributed by atoms with van der Waals surface area (Å²) in [5.74, 6) is 0.787. The summed E-state index contributed by atoms with van der Waals surface area (Å²) in [5, 5.41) is 0.152. The van der Waals surface area contributed by atoms with Gasteiger partial charge in [-0.1, -0.05) is 17.7 Å². The van der Waals surface area contributed by atoms with Crippen molar-refractivity contribution in [3.8, 4) is 5.69 Å². The third-order valence-corrected chi connectivity index (χ3v) is 4.76. The molecule has 0 aliphatic carbocycles. The first-order valence-electron chi connectivity index (χ1n) is 6.27. The predicted octanol–water partition coefficient (Wildman–Crippen LogP) is 2.99. The summed E-state index contributed by atoms with van der Waals surface area (Å²) in [7, 11) is 1.87. The van der Waals surface area contributed by atoms with Crippen molar-refractivity contribution in [3.05, 3.63) is 53.9 Å². The van der Waals surface area contributed by atoms with Crippen LogP contribution in [0, 0.1) is 6.92 Å².